The second-order valence-corrected chi connectivity index (χ2v) is 7.09. The number of aryl methyl sites for hydroxylation is 2. The second kappa shape index (κ2) is 6.25. The van der Waals surface area contributed by atoms with Gasteiger partial charge >= 0.3 is 17.4 Å². The normalized spacial score (nSPS) is 13.4. The van der Waals surface area contributed by atoms with Crippen LogP contribution in [0.4, 0.5) is 30.7 Å². The van der Waals surface area contributed by atoms with Gasteiger partial charge in [0.1, 0.15) is 0 Å². The van der Waals surface area contributed by atoms with Crippen molar-refractivity contribution in [2.45, 2.75) is 36.1 Å². The first-order chi connectivity index (χ1) is 10.9. The second-order valence-electron chi connectivity index (χ2n) is 4.98. The number of hydrogen-bond acceptors (Lipinski definition) is 2. The summed E-state index contributed by atoms with van der Waals surface area (Å²) in [6.07, 6.45) is -6.35. The van der Waals surface area contributed by atoms with Crippen molar-refractivity contribution in [1.82, 2.24) is 0 Å². The van der Waals surface area contributed by atoms with E-state index in [9.17, 15) is 30.7 Å². The molecule has 0 N–H and O–H groups in total. The summed E-state index contributed by atoms with van der Waals surface area (Å²) in [5.41, 5.74) is 0.936. The van der Waals surface area contributed by atoms with Crippen LogP contribution >= 0.6 is 23.1 Å². The minimum Gasteiger partial charge on any atom is -0.188 e. The molecule has 2 rings (SSSR count). The zero-order valence-corrected chi connectivity index (χ0v) is 13.9. The van der Waals surface area contributed by atoms with Gasteiger partial charge in [-0.15, -0.1) is 11.3 Å². The van der Waals surface area contributed by atoms with Crippen LogP contribution in [0.5, 0.6) is 0 Å². The first-order valence-corrected chi connectivity index (χ1v) is 8.15. The average Bonchev–Trinajstić information content (AvgIpc) is 2.89. The largest absolute Gasteiger partial charge is 0.460 e. The number of rotatable bonds is 4. The molecule has 0 aliphatic heterocycles. The predicted molar refractivity (Wildman–Crippen MR) is 79.9 cm³/mol. The first kappa shape index (κ1) is 19.1. The molecule has 0 unspecified atom stereocenters. The lowest BCUT2D eigenvalue weighted by Crippen LogP contribution is -2.49. The summed E-state index contributed by atoms with van der Waals surface area (Å²) < 4.78 is 90.8. The molecule has 1 aromatic carbocycles. The van der Waals surface area contributed by atoms with Gasteiger partial charge in [0.2, 0.25) is 0 Å². The van der Waals surface area contributed by atoms with E-state index in [4.69, 9.17) is 0 Å². The van der Waals surface area contributed by atoms with Crippen molar-refractivity contribution >= 4 is 23.1 Å². The van der Waals surface area contributed by atoms with Gasteiger partial charge in [0.05, 0.1) is 0 Å². The van der Waals surface area contributed by atoms with Crippen LogP contribution in [0, 0.1) is 19.9 Å². The average molecular weight is 387 g/mol. The highest BCUT2D eigenvalue weighted by atomic mass is 32.2. The first-order valence-electron chi connectivity index (χ1n) is 6.45. The highest BCUT2D eigenvalue weighted by Gasteiger charge is 2.73. The molecular weight excluding hydrogens is 377 g/mol. The van der Waals surface area contributed by atoms with Crippen molar-refractivity contribution in [2.24, 2.45) is 0 Å². The van der Waals surface area contributed by atoms with E-state index in [1.807, 2.05) is 0 Å². The van der Waals surface area contributed by atoms with Crippen LogP contribution in [0.3, 0.4) is 0 Å². The Morgan fingerprint density at radius 2 is 1.67 bits per heavy atom. The van der Waals surface area contributed by atoms with Crippen molar-refractivity contribution in [3.63, 3.8) is 0 Å². The Bertz CT molecular complexity index is 718. The Morgan fingerprint density at radius 3 is 2.17 bits per heavy atom. The highest BCUT2D eigenvalue weighted by molar-refractivity contribution is 8.00. The summed E-state index contributed by atoms with van der Waals surface area (Å²) in [6.45, 7) is 3.03. The van der Waals surface area contributed by atoms with Gasteiger partial charge in [0.25, 0.3) is 0 Å². The molecule has 0 amide bonds. The molecule has 1 heterocycles. The molecule has 0 fully saturated rings. The topological polar surface area (TPSA) is 0 Å². The van der Waals surface area contributed by atoms with Crippen LogP contribution in [0.2, 0.25) is 0 Å². The van der Waals surface area contributed by atoms with E-state index in [1.54, 1.807) is 17.5 Å². The van der Waals surface area contributed by atoms with Crippen molar-refractivity contribution in [3.8, 4) is 10.4 Å². The molecule has 0 aliphatic carbocycles. The third-order valence-corrected chi connectivity index (χ3v) is 5.02. The molecule has 2 aromatic rings. The van der Waals surface area contributed by atoms with Gasteiger partial charge in [-0.1, -0.05) is 6.07 Å². The van der Waals surface area contributed by atoms with Crippen LogP contribution in [-0.4, -0.2) is 17.4 Å². The summed E-state index contributed by atoms with van der Waals surface area (Å²) >= 11 is 0.378. The molecule has 0 nitrogen and oxygen atoms in total. The van der Waals surface area contributed by atoms with Gasteiger partial charge in [0, 0.05) is 15.3 Å². The monoisotopic (exact) mass is 387 g/mol. The molecule has 0 saturated carbocycles. The van der Waals surface area contributed by atoms with Crippen LogP contribution in [0.1, 0.15) is 11.1 Å². The number of alkyl halides is 7. The molecule has 0 atom stereocenters. The number of thiophene rings is 1. The fourth-order valence-corrected chi connectivity index (χ4v) is 4.05. The zero-order chi connectivity index (χ0) is 18.3. The fraction of sp³-hybridized carbons (Fsp3) is 0.333. The van der Waals surface area contributed by atoms with Crippen molar-refractivity contribution < 1.29 is 30.7 Å². The molecule has 0 aliphatic rings. The van der Waals surface area contributed by atoms with Crippen LogP contribution in [0.15, 0.2) is 28.5 Å². The standard InChI is InChI=1S/C15H10F7S2/c1-8-6-9(2)12(10-4-3-5-23-10)11(7-8)24-15(21,22)13(16,17)14(18,19)20/h3-5,7H,1-2H3. The van der Waals surface area contributed by atoms with Crippen LogP contribution < -0.4 is 0 Å². The van der Waals surface area contributed by atoms with Crippen LogP contribution in [0.25, 0.3) is 10.4 Å². The zero-order valence-electron chi connectivity index (χ0n) is 12.3. The van der Waals surface area contributed by atoms with Gasteiger partial charge < -0.3 is 0 Å². The van der Waals surface area contributed by atoms with E-state index in [0.717, 1.165) is 17.4 Å². The van der Waals surface area contributed by atoms with Crippen LogP contribution in [-0.2, 0) is 0 Å². The SMILES string of the molecule is Cc1[c]c(C)c(-c2cccs2)c(SC(F)(F)C(F)(F)C(F)(F)F)c1. The number of benzene rings is 1. The number of halogens is 7. The van der Waals surface area contributed by atoms with E-state index in [2.05, 4.69) is 6.07 Å². The minimum atomic E-state index is -6.35. The van der Waals surface area contributed by atoms with Gasteiger partial charge in [0.15, 0.2) is 0 Å². The number of hydrogen-bond donors (Lipinski definition) is 0. The lowest BCUT2D eigenvalue weighted by Gasteiger charge is -2.28. The lowest BCUT2D eigenvalue weighted by atomic mass is 10.0. The molecule has 0 saturated heterocycles. The molecule has 0 spiro atoms. The van der Waals surface area contributed by atoms with Gasteiger partial charge in [-0.25, -0.2) is 0 Å². The van der Waals surface area contributed by atoms with Gasteiger partial charge in [-0.3, -0.25) is 0 Å². The van der Waals surface area contributed by atoms with Gasteiger partial charge in [-0.2, -0.15) is 30.7 Å². The maximum absolute atomic E-state index is 13.8. The number of thioether (sulfide) groups is 1. The molecule has 131 valence electrons. The molecule has 24 heavy (non-hydrogen) atoms. The Hall–Kier alpha value is -1.22. The van der Waals surface area contributed by atoms with Crippen molar-refractivity contribution in [2.75, 3.05) is 0 Å². The Labute approximate surface area is 141 Å². The van der Waals surface area contributed by atoms with Crippen molar-refractivity contribution in [1.29, 1.82) is 0 Å². The van der Waals surface area contributed by atoms with E-state index in [-0.39, 0.29) is 10.5 Å². The molecule has 1 aromatic heterocycles. The van der Waals surface area contributed by atoms with E-state index >= 15 is 0 Å². The molecule has 1 radical (unpaired) electrons. The maximum atomic E-state index is 13.8. The Morgan fingerprint density at radius 1 is 1.04 bits per heavy atom. The summed E-state index contributed by atoms with van der Waals surface area (Å²) in [6, 6.07) is 7.18. The molecule has 9 heteroatoms. The minimum absolute atomic E-state index is 0.179. The quantitative estimate of drug-likeness (QED) is 0.415. The summed E-state index contributed by atoms with van der Waals surface area (Å²) in [4.78, 5) is 0.137. The van der Waals surface area contributed by atoms with Crippen molar-refractivity contribution in [3.05, 3.63) is 40.8 Å². The van der Waals surface area contributed by atoms with Gasteiger partial charge in [-0.05, 0) is 60.3 Å². The van der Waals surface area contributed by atoms with E-state index < -0.39 is 29.1 Å². The highest BCUT2D eigenvalue weighted by Crippen LogP contribution is 2.55. The fourth-order valence-electron chi connectivity index (χ4n) is 2.02. The van der Waals surface area contributed by atoms with E-state index in [1.165, 1.54) is 13.8 Å². The Kier molecular flexibility index (Phi) is 4.98. The predicted octanol–water partition coefficient (Wildman–Crippen LogP) is 6.71. The third kappa shape index (κ3) is 3.42. The molecular formula is C15H10F7S2. The summed E-state index contributed by atoms with van der Waals surface area (Å²) in [7, 11) is 0. The smallest absolute Gasteiger partial charge is 0.188 e. The summed E-state index contributed by atoms with van der Waals surface area (Å²) in [5.74, 6) is -6.15. The molecule has 0 bridgehead atoms. The Balaban J connectivity index is 2.54. The third-order valence-electron chi connectivity index (χ3n) is 3.08. The lowest BCUT2D eigenvalue weighted by molar-refractivity contribution is -0.330. The summed E-state index contributed by atoms with van der Waals surface area (Å²) in [5, 5.41) is -3.71. The van der Waals surface area contributed by atoms with E-state index in [0.29, 0.717) is 16.0 Å². The maximum Gasteiger partial charge on any atom is 0.460 e.